The number of benzene rings is 2. The van der Waals surface area contributed by atoms with E-state index in [1.165, 1.54) is 0 Å². The molecule has 3 aromatic rings. The second kappa shape index (κ2) is 3.94. The normalized spacial score (nSPS) is 10.6. The van der Waals surface area contributed by atoms with Gasteiger partial charge in [-0.2, -0.15) is 5.10 Å². The van der Waals surface area contributed by atoms with Crippen molar-refractivity contribution in [1.29, 1.82) is 0 Å². The molecule has 0 bridgehead atoms. The quantitative estimate of drug-likeness (QED) is 0.669. The van der Waals surface area contributed by atoms with E-state index in [0.29, 0.717) is 0 Å². The van der Waals surface area contributed by atoms with Crippen LogP contribution in [0.25, 0.3) is 16.6 Å². The van der Waals surface area contributed by atoms with E-state index in [1.807, 2.05) is 59.4 Å². The van der Waals surface area contributed by atoms with Crippen LogP contribution in [0.3, 0.4) is 0 Å². The topological polar surface area (TPSA) is 27.1 Å². The van der Waals surface area contributed by atoms with E-state index in [2.05, 4.69) is 5.10 Å². The molecule has 0 aliphatic heterocycles. The molecule has 2 aromatic carbocycles. The molecule has 0 saturated heterocycles. The van der Waals surface area contributed by atoms with Crippen LogP contribution in [0.5, 0.6) is 5.75 Å². The molecule has 0 unspecified atom stereocenters. The molecule has 0 N–H and O–H groups in total. The van der Waals surface area contributed by atoms with E-state index >= 15 is 0 Å². The molecule has 3 heteroatoms. The van der Waals surface area contributed by atoms with E-state index in [9.17, 15) is 0 Å². The summed E-state index contributed by atoms with van der Waals surface area (Å²) in [5, 5.41) is 5.48. The third-order valence-corrected chi connectivity index (χ3v) is 2.78. The smallest absolute Gasteiger partial charge is 0.119 e. The van der Waals surface area contributed by atoms with E-state index in [0.717, 1.165) is 22.3 Å². The van der Waals surface area contributed by atoms with Gasteiger partial charge in [-0.1, -0.05) is 18.2 Å². The van der Waals surface area contributed by atoms with Crippen molar-refractivity contribution in [3.63, 3.8) is 0 Å². The number of hydrogen-bond donors (Lipinski definition) is 0. The van der Waals surface area contributed by atoms with Gasteiger partial charge in [0.25, 0.3) is 0 Å². The van der Waals surface area contributed by atoms with E-state index in [4.69, 9.17) is 4.74 Å². The Morgan fingerprint density at radius 2 is 1.88 bits per heavy atom. The van der Waals surface area contributed by atoms with Crippen molar-refractivity contribution >= 4 is 10.9 Å². The molecule has 0 saturated carbocycles. The minimum Gasteiger partial charge on any atom is -0.497 e. The van der Waals surface area contributed by atoms with Gasteiger partial charge in [0.15, 0.2) is 0 Å². The Hall–Kier alpha value is -2.29. The average molecular weight is 224 g/mol. The fourth-order valence-electron chi connectivity index (χ4n) is 1.91. The summed E-state index contributed by atoms with van der Waals surface area (Å²) < 4.78 is 7.13. The Balaban J connectivity index is 2.19. The van der Waals surface area contributed by atoms with Crippen molar-refractivity contribution in [1.82, 2.24) is 9.78 Å². The molecule has 0 radical (unpaired) electrons. The van der Waals surface area contributed by atoms with Crippen LogP contribution in [-0.4, -0.2) is 16.9 Å². The van der Waals surface area contributed by atoms with Crippen LogP contribution in [-0.2, 0) is 0 Å². The first-order valence-electron chi connectivity index (χ1n) is 5.46. The molecule has 3 nitrogen and oxygen atoms in total. The second-order valence-corrected chi connectivity index (χ2v) is 3.82. The predicted octanol–water partition coefficient (Wildman–Crippen LogP) is 3.03. The monoisotopic (exact) mass is 224 g/mol. The van der Waals surface area contributed by atoms with Gasteiger partial charge < -0.3 is 4.74 Å². The molecule has 0 aliphatic rings. The zero-order valence-corrected chi connectivity index (χ0v) is 9.50. The summed E-state index contributed by atoms with van der Waals surface area (Å²) >= 11 is 0. The van der Waals surface area contributed by atoms with Crippen molar-refractivity contribution in [2.24, 2.45) is 0 Å². The first kappa shape index (κ1) is 9.90. The first-order valence-corrected chi connectivity index (χ1v) is 5.46. The molecule has 0 amide bonds. The molecule has 3 rings (SSSR count). The molecule has 84 valence electrons. The molecule has 1 heterocycles. The summed E-state index contributed by atoms with van der Waals surface area (Å²) in [5.74, 6) is 0.852. The lowest BCUT2D eigenvalue weighted by Crippen LogP contribution is -1.94. The van der Waals surface area contributed by atoms with Gasteiger partial charge >= 0.3 is 0 Å². The third kappa shape index (κ3) is 1.65. The first-order chi connectivity index (χ1) is 8.38. The zero-order valence-electron chi connectivity index (χ0n) is 9.50. The number of fused-ring (bicyclic) bond motifs is 1. The number of methoxy groups -OCH3 is 1. The number of ether oxygens (including phenoxy) is 1. The van der Waals surface area contributed by atoms with Gasteiger partial charge in [-0.25, -0.2) is 4.68 Å². The van der Waals surface area contributed by atoms with Crippen molar-refractivity contribution in [2.75, 3.05) is 7.11 Å². The fourth-order valence-corrected chi connectivity index (χ4v) is 1.91. The molecule has 0 fully saturated rings. The summed E-state index contributed by atoms with van der Waals surface area (Å²) in [5.41, 5.74) is 2.14. The van der Waals surface area contributed by atoms with Crippen LogP contribution in [0.1, 0.15) is 0 Å². The highest BCUT2D eigenvalue weighted by molar-refractivity contribution is 5.81. The minimum absolute atomic E-state index is 0.852. The lowest BCUT2D eigenvalue weighted by molar-refractivity contribution is 0.415. The van der Waals surface area contributed by atoms with Crippen molar-refractivity contribution in [3.8, 4) is 11.4 Å². The molecular weight excluding hydrogens is 212 g/mol. The molecule has 0 atom stereocenters. The van der Waals surface area contributed by atoms with Gasteiger partial charge in [-0.15, -0.1) is 0 Å². The lowest BCUT2D eigenvalue weighted by atomic mass is 10.2. The Morgan fingerprint density at radius 3 is 2.65 bits per heavy atom. The van der Waals surface area contributed by atoms with E-state index in [1.54, 1.807) is 7.11 Å². The number of para-hydroxylation sites is 1. The summed E-state index contributed by atoms with van der Waals surface area (Å²) in [6.07, 6.45) is 1.85. The Bertz CT molecular complexity index is 644. The molecule has 1 aromatic heterocycles. The van der Waals surface area contributed by atoms with Gasteiger partial charge in [0.2, 0.25) is 0 Å². The Kier molecular flexibility index (Phi) is 2.29. The second-order valence-electron chi connectivity index (χ2n) is 3.82. The Morgan fingerprint density at radius 1 is 1.06 bits per heavy atom. The third-order valence-electron chi connectivity index (χ3n) is 2.78. The maximum absolute atomic E-state index is 5.20. The molecule has 17 heavy (non-hydrogen) atoms. The number of aromatic nitrogens is 2. The van der Waals surface area contributed by atoms with Crippen molar-refractivity contribution in [3.05, 3.63) is 54.7 Å². The van der Waals surface area contributed by atoms with Crippen LogP contribution < -0.4 is 4.74 Å². The van der Waals surface area contributed by atoms with Gasteiger partial charge in [-0.3, -0.25) is 0 Å². The standard InChI is InChI=1S/C14H12N2O/c1-17-13-7-8-14-11(9-13)10-15-16(14)12-5-3-2-4-6-12/h2-10H,1H3. The summed E-state index contributed by atoms with van der Waals surface area (Å²) in [7, 11) is 1.67. The zero-order chi connectivity index (χ0) is 11.7. The van der Waals surface area contributed by atoms with Crippen LogP contribution >= 0.6 is 0 Å². The number of nitrogens with zero attached hydrogens (tertiary/aromatic N) is 2. The highest BCUT2D eigenvalue weighted by Crippen LogP contribution is 2.22. The van der Waals surface area contributed by atoms with Gasteiger partial charge in [0.1, 0.15) is 5.75 Å². The summed E-state index contributed by atoms with van der Waals surface area (Å²) in [4.78, 5) is 0. The molecule has 0 spiro atoms. The highest BCUT2D eigenvalue weighted by Gasteiger charge is 2.04. The fraction of sp³-hybridized carbons (Fsp3) is 0.0714. The summed E-state index contributed by atoms with van der Waals surface area (Å²) in [6, 6.07) is 16.0. The number of rotatable bonds is 2. The maximum atomic E-state index is 5.20. The van der Waals surface area contributed by atoms with Crippen molar-refractivity contribution < 1.29 is 4.74 Å². The van der Waals surface area contributed by atoms with E-state index < -0.39 is 0 Å². The van der Waals surface area contributed by atoms with Gasteiger partial charge in [-0.05, 0) is 30.3 Å². The van der Waals surface area contributed by atoms with Crippen LogP contribution in [0, 0.1) is 0 Å². The minimum atomic E-state index is 0.852. The van der Waals surface area contributed by atoms with Crippen LogP contribution in [0.4, 0.5) is 0 Å². The predicted molar refractivity (Wildman–Crippen MR) is 67.6 cm³/mol. The Labute approximate surface area is 99.3 Å². The largest absolute Gasteiger partial charge is 0.497 e. The molecular formula is C14H12N2O. The SMILES string of the molecule is COc1ccc2c(cnn2-c2ccccc2)c1. The van der Waals surface area contributed by atoms with E-state index in [-0.39, 0.29) is 0 Å². The summed E-state index contributed by atoms with van der Waals surface area (Å²) in [6.45, 7) is 0. The van der Waals surface area contributed by atoms with Gasteiger partial charge in [0.05, 0.1) is 24.5 Å². The van der Waals surface area contributed by atoms with Crippen LogP contribution in [0.15, 0.2) is 54.7 Å². The maximum Gasteiger partial charge on any atom is 0.119 e. The highest BCUT2D eigenvalue weighted by atomic mass is 16.5. The number of hydrogen-bond acceptors (Lipinski definition) is 2. The van der Waals surface area contributed by atoms with Crippen molar-refractivity contribution in [2.45, 2.75) is 0 Å². The average Bonchev–Trinajstić information content (AvgIpc) is 2.82. The van der Waals surface area contributed by atoms with Gasteiger partial charge in [0, 0.05) is 5.39 Å². The lowest BCUT2D eigenvalue weighted by Gasteiger charge is -2.03. The van der Waals surface area contributed by atoms with Crippen LogP contribution in [0.2, 0.25) is 0 Å². The molecule has 0 aliphatic carbocycles.